The molecular formula is C34H43N7O3. The fourth-order valence-corrected chi connectivity index (χ4v) is 4.57. The van der Waals surface area contributed by atoms with Crippen LogP contribution in [0.4, 0.5) is 17.8 Å². The van der Waals surface area contributed by atoms with Gasteiger partial charge in [-0.2, -0.15) is 15.0 Å². The number of hydrogen-bond donors (Lipinski definition) is 4. The summed E-state index contributed by atoms with van der Waals surface area (Å²) < 4.78 is 11.2. The lowest BCUT2D eigenvalue weighted by molar-refractivity contribution is 0.0519. The molecule has 0 aliphatic rings. The molecule has 0 saturated carbocycles. The zero-order valence-electron chi connectivity index (χ0n) is 25.5. The molecule has 0 radical (unpaired) electrons. The Balaban J connectivity index is 1.19. The molecule has 10 nitrogen and oxygen atoms in total. The van der Waals surface area contributed by atoms with Crippen LogP contribution in [0.3, 0.4) is 0 Å². The van der Waals surface area contributed by atoms with Crippen molar-refractivity contribution in [3.63, 3.8) is 0 Å². The normalized spacial score (nSPS) is 11.0. The first kappa shape index (κ1) is 32.4. The molecule has 232 valence electrons. The first-order chi connectivity index (χ1) is 21.6. The van der Waals surface area contributed by atoms with Gasteiger partial charge in [-0.1, -0.05) is 78.9 Å². The van der Waals surface area contributed by atoms with Gasteiger partial charge in [-0.05, 0) is 43.5 Å². The highest BCUT2D eigenvalue weighted by molar-refractivity contribution is 5.94. The maximum atomic E-state index is 12.0. The molecule has 1 amide bonds. The van der Waals surface area contributed by atoms with Gasteiger partial charge in [0.15, 0.2) is 0 Å². The molecule has 1 heterocycles. The molecule has 4 rings (SSSR count). The molecule has 1 aromatic heterocycles. The second-order valence-corrected chi connectivity index (χ2v) is 10.5. The highest BCUT2D eigenvalue weighted by Gasteiger charge is 2.14. The van der Waals surface area contributed by atoms with Crippen LogP contribution in [0, 0.1) is 0 Å². The van der Waals surface area contributed by atoms with Crippen molar-refractivity contribution in [3.8, 4) is 0 Å². The van der Waals surface area contributed by atoms with E-state index < -0.39 is 0 Å². The molecule has 0 fully saturated rings. The summed E-state index contributed by atoms with van der Waals surface area (Å²) in [6.07, 6.45) is 0.880. The minimum Gasteiger partial charge on any atom is -0.377 e. The average Bonchev–Trinajstić information content (AvgIpc) is 3.04. The summed E-state index contributed by atoms with van der Waals surface area (Å²) in [4.78, 5) is 25.7. The number of amides is 1. The minimum atomic E-state index is -0.108. The van der Waals surface area contributed by atoms with Crippen molar-refractivity contribution in [2.45, 2.75) is 32.2 Å². The number of aromatic nitrogens is 3. The Morgan fingerprint density at radius 3 is 1.70 bits per heavy atom. The largest absolute Gasteiger partial charge is 0.377 e. The van der Waals surface area contributed by atoms with Crippen LogP contribution in [-0.4, -0.2) is 73.0 Å². The number of carbonyl (C=O) groups is 1. The molecule has 0 unspecified atom stereocenters. The van der Waals surface area contributed by atoms with Crippen LogP contribution >= 0.6 is 0 Å². The van der Waals surface area contributed by atoms with Crippen LogP contribution in [0.5, 0.6) is 0 Å². The summed E-state index contributed by atoms with van der Waals surface area (Å²) in [5, 5.41) is 12.7. The Bertz CT molecular complexity index is 1340. The van der Waals surface area contributed by atoms with Crippen molar-refractivity contribution in [3.05, 3.63) is 108 Å². The molecule has 0 saturated heterocycles. The number of rotatable bonds is 19. The standard InChI is InChI=1S/C34H43N7O3/c1-26(2)38-34-40-32(36-19-18-30(27-12-6-3-7-13-27)28-14-8-4-9-15-28)39-33(41-34)37-21-23-44-25-24-43-22-20-35-31(42)29-16-10-5-11-17-29/h3-17,26,30H,18-25H2,1-2H3,(H,35,42)(H3,36,37,38,39,40,41). The van der Waals surface area contributed by atoms with Gasteiger partial charge >= 0.3 is 0 Å². The van der Waals surface area contributed by atoms with Crippen molar-refractivity contribution in [2.24, 2.45) is 0 Å². The van der Waals surface area contributed by atoms with E-state index >= 15 is 0 Å². The van der Waals surface area contributed by atoms with Gasteiger partial charge in [-0.3, -0.25) is 4.79 Å². The van der Waals surface area contributed by atoms with Gasteiger partial charge in [0.2, 0.25) is 17.8 Å². The number of hydrogen-bond acceptors (Lipinski definition) is 9. The number of benzene rings is 3. The van der Waals surface area contributed by atoms with Crippen LogP contribution in [0.1, 0.15) is 47.7 Å². The lowest BCUT2D eigenvalue weighted by Crippen LogP contribution is -2.27. The molecule has 0 aliphatic heterocycles. The molecule has 3 aromatic carbocycles. The second kappa shape index (κ2) is 18.2. The summed E-state index contributed by atoms with van der Waals surface area (Å²) in [5.74, 6) is 1.65. The van der Waals surface area contributed by atoms with Gasteiger partial charge in [-0.15, -0.1) is 0 Å². The van der Waals surface area contributed by atoms with Gasteiger partial charge in [0.05, 0.1) is 26.4 Å². The fraction of sp³-hybridized carbons (Fsp3) is 0.353. The third-order valence-corrected chi connectivity index (χ3v) is 6.64. The highest BCUT2D eigenvalue weighted by atomic mass is 16.5. The molecule has 10 heteroatoms. The Morgan fingerprint density at radius 1 is 0.636 bits per heavy atom. The van der Waals surface area contributed by atoms with Gasteiger partial charge in [0.1, 0.15) is 0 Å². The molecule has 4 N–H and O–H groups in total. The van der Waals surface area contributed by atoms with Crippen LogP contribution in [-0.2, 0) is 9.47 Å². The van der Waals surface area contributed by atoms with Gasteiger partial charge in [0.25, 0.3) is 5.91 Å². The number of ether oxygens (including phenoxy) is 2. The Kier molecular flexibility index (Phi) is 13.4. The van der Waals surface area contributed by atoms with E-state index in [0.717, 1.165) is 6.42 Å². The van der Waals surface area contributed by atoms with Crippen LogP contribution in [0.15, 0.2) is 91.0 Å². The van der Waals surface area contributed by atoms with Crippen molar-refractivity contribution in [2.75, 3.05) is 62.0 Å². The lowest BCUT2D eigenvalue weighted by Gasteiger charge is -2.19. The predicted molar refractivity (Wildman–Crippen MR) is 175 cm³/mol. The molecule has 0 spiro atoms. The van der Waals surface area contributed by atoms with E-state index in [9.17, 15) is 4.79 Å². The van der Waals surface area contributed by atoms with Crippen molar-refractivity contribution in [1.29, 1.82) is 0 Å². The highest BCUT2D eigenvalue weighted by Crippen LogP contribution is 2.27. The fourth-order valence-electron chi connectivity index (χ4n) is 4.57. The lowest BCUT2D eigenvalue weighted by atomic mass is 9.88. The first-order valence-corrected chi connectivity index (χ1v) is 15.2. The van der Waals surface area contributed by atoms with E-state index in [1.54, 1.807) is 12.1 Å². The summed E-state index contributed by atoms with van der Waals surface area (Å²) in [6.45, 7) is 7.52. The zero-order chi connectivity index (χ0) is 30.8. The smallest absolute Gasteiger partial charge is 0.251 e. The van der Waals surface area contributed by atoms with Crippen molar-refractivity contribution in [1.82, 2.24) is 20.3 Å². The van der Waals surface area contributed by atoms with Crippen LogP contribution < -0.4 is 21.3 Å². The Labute approximate surface area is 260 Å². The van der Waals surface area contributed by atoms with Crippen molar-refractivity contribution >= 4 is 23.8 Å². The predicted octanol–water partition coefficient (Wildman–Crippen LogP) is 5.20. The van der Waals surface area contributed by atoms with E-state index in [1.165, 1.54) is 11.1 Å². The van der Waals surface area contributed by atoms with Crippen LogP contribution in [0.25, 0.3) is 0 Å². The van der Waals surface area contributed by atoms with Gasteiger partial charge < -0.3 is 30.7 Å². The van der Waals surface area contributed by atoms with E-state index in [2.05, 4.69) is 84.8 Å². The van der Waals surface area contributed by atoms with E-state index in [-0.39, 0.29) is 17.9 Å². The molecular weight excluding hydrogens is 554 g/mol. The Morgan fingerprint density at radius 2 is 1.14 bits per heavy atom. The van der Waals surface area contributed by atoms with Gasteiger partial charge in [0, 0.05) is 37.2 Å². The second-order valence-electron chi connectivity index (χ2n) is 10.5. The number of carbonyl (C=O) groups excluding carboxylic acids is 1. The topological polar surface area (TPSA) is 122 Å². The maximum absolute atomic E-state index is 12.0. The summed E-state index contributed by atoms with van der Waals surface area (Å²) in [7, 11) is 0. The molecule has 4 aromatic rings. The molecule has 0 atom stereocenters. The molecule has 0 aliphatic carbocycles. The molecule has 44 heavy (non-hydrogen) atoms. The summed E-state index contributed by atoms with van der Waals surface area (Å²) in [6, 6.07) is 30.4. The quantitative estimate of drug-likeness (QED) is 0.108. The summed E-state index contributed by atoms with van der Waals surface area (Å²) >= 11 is 0. The SMILES string of the molecule is CC(C)Nc1nc(NCCOCCOCCNC(=O)c2ccccc2)nc(NCCC(c2ccccc2)c2ccccc2)n1. The minimum absolute atomic E-state index is 0.108. The molecule has 0 bridgehead atoms. The monoisotopic (exact) mass is 597 g/mol. The zero-order valence-corrected chi connectivity index (χ0v) is 25.5. The summed E-state index contributed by atoms with van der Waals surface area (Å²) in [5.41, 5.74) is 3.19. The number of nitrogens with one attached hydrogen (secondary N) is 4. The van der Waals surface area contributed by atoms with E-state index in [1.807, 2.05) is 44.2 Å². The maximum Gasteiger partial charge on any atom is 0.251 e. The third kappa shape index (κ3) is 11.3. The Hall–Kier alpha value is -4.54. The van der Waals surface area contributed by atoms with E-state index in [0.29, 0.717) is 69.5 Å². The third-order valence-electron chi connectivity index (χ3n) is 6.64. The van der Waals surface area contributed by atoms with Crippen molar-refractivity contribution < 1.29 is 14.3 Å². The number of anilines is 3. The average molecular weight is 598 g/mol. The first-order valence-electron chi connectivity index (χ1n) is 15.2. The number of nitrogens with zero attached hydrogens (tertiary/aromatic N) is 3. The van der Waals surface area contributed by atoms with E-state index in [4.69, 9.17) is 9.47 Å². The van der Waals surface area contributed by atoms with Gasteiger partial charge in [-0.25, -0.2) is 0 Å². The van der Waals surface area contributed by atoms with Crippen LogP contribution in [0.2, 0.25) is 0 Å².